The topological polar surface area (TPSA) is 23.8 Å². The maximum absolute atomic E-state index is 8.52. The molecule has 0 radical (unpaired) electrons. The van der Waals surface area contributed by atoms with Crippen molar-refractivity contribution >= 4 is 0 Å². The fourth-order valence-electron chi connectivity index (χ4n) is 5.30. The molecular weight excluding hydrogens is 410 g/mol. The number of unbranched alkanes of at least 4 members (excludes halogenated alkanes) is 25. The summed E-state index contributed by atoms with van der Waals surface area (Å²) in [5.74, 6) is 0.960. The maximum atomic E-state index is 8.52. The molecule has 0 fully saturated rings. The normalized spacial score (nSPS) is 12.1. The van der Waals surface area contributed by atoms with Crippen LogP contribution in [0.4, 0.5) is 0 Å². The van der Waals surface area contributed by atoms with Gasteiger partial charge in [0.25, 0.3) is 0 Å². The van der Waals surface area contributed by atoms with Gasteiger partial charge in [-0.1, -0.05) is 187 Å². The van der Waals surface area contributed by atoms with Gasteiger partial charge in [0.2, 0.25) is 0 Å². The van der Waals surface area contributed by atoms with Gasteiger partial charge < -0.3 is 0 Å². The quantitative estimate of drug-likeness (QED) is 0.0986. The summed E-state index contributed by atoms with van der Waals surface area (Å²) in [5, 5.41) is 8.52. The van der Waals surface area contributed by atoms with Gasteiger partial charge in [-0.25, -0.2) is 0 Å². The minimum atomic E-state index is 0.749. The Kier molecular flexibility index (Phi) is 30.1. The van der Waals surface area contributed by atoms with Crippen LogP contribution in [0.5, 0.6) is 0 Å². The summed E-state index contributed by atoms with van der Waals surface area (Å²) in [6.07, 6.45) is 40.8. The third-order valence-electron chi connectivity index (χ3n) is 7.79. The van der Waals surface area contributed by atoms with E-state index in [4.69, 9.17) is 5.26 Å². The Hall–Kier alpha value is -0.510. The van der Waals surface area contributed by atoms with E-state index in [2.05, 4.69) is 19.9 Å². The first-order chi connectivity index (χ1) is 16.8. The van der Waals surface area contributed by atoms with Crippen molar-refractivity contribution in [3.8, 4) is 6.07 Å². The molecule has 202 valence electrons. The van der Waals surface area contributed by atoms with Crippen LogP contribution in [-0.2, 0) is 0 Å². The van der Waals surface area contributed by atoms with Crippen molar-refractivity contribution in [3.63, 3.8) is 0 Å². The fraction of sp³-hybridized carbons (Fsp3) is 0.970. The van der Waals surface area contributed by atoms with Crippen LogP contribution in [-0.4, -0.2) is 0 Å². The number of hydrogen-bond donors (Lipinski definition) is 0. The standard InChI is InChI=1S/C33H65N/c1-3-4-5-6-21-24-27-30-33(2)31-28-25-22-19-17-15-13-11-9-7-8-10-12-14-16-18-20-23-26-29-32-34/h33H,3-31H2,1-2H3. The van der Waals surface area contributed by atoms with Gasteiger partial charge >= 0.3 is 0 Å². The molecule has 0 aromatic carbocycles. The van der Waals surface area contributed by atoms with E-state index in [1.807, 2.05) is 0 Å². The minimum absolute atomic E-state index is 0.749. The van der Waals surface area contributed by atoms with E-state index in [-0.39, 0.29) is 0 Å². The Morgan fingerprint density at radius 3 is 0.971 bits per heavy atom. The smallest absolute Gasteiger partial charge is 0.0621 e. The first-order valence-corrected chi connectivity index (χ1v) is 16.2. The molecule has 1 unspecified atom stereocenters. The van der Waals surface area contributed by atoms with Crippen molar-refractivity contribution in [3.05, 3.63) is 0 Å². The van der Waals surface area contributed by atoms with E-state index in [0.717, 1.165) is 18.8 Å². The molecule has 1 heteroatoms. The van der Waals surface area contributed by atoms with Gasteiger partial charge in [0.15, 0.2) is 0 Å². The number of rotatable bonds is 29. The highest BCUT2D eigenvalue weighted by molar-refractivity contribution is 4.67. The Morgan fingerprint density at radius 1 is 0.412 bits per heavy atom. The largest absolute Gasteiger partial charge is 0.198 e. The summed E-state index contributed by atoms with van der Waals surface area (Å²) in [6, 6.07) is 2.24. The van der Waals surface area contributed by atoms with Crippen LogP contribution in [0.2, 0.25) is 0 Å². The number of hydrogen-bond acceptors (Lipinski definition) is 1. The Balaban J connectivity index is 3.10. The van der Waals surface area contributed by atoms with Gasteiger partial charge in [0.05, 0.1) is 6.07 Å². The van der Waals surface area contributed by atoms with Gasteiger partial charge in [-0.3, -0.25) is 0 Å². The highest BCUT2D eigenvalue weighted by Crippen LogP contribution is 2.19. The average molecular weight is 476 g/mol. The third kappa shape index (κ3) is 29.5. The van der Waals surface area contributed by atoms with Gasteiger partial charge in [0, 0.05) is 6.42 Å². The van der Waals surface area contributed by atoms with Crippen LogP contribution in [0.1, 0.15) is 200 Å². The number of nitrogens with zero attached hydrogens (tertiary/aromatic N) is 1. The Bertz CT molecular complexity index is 396. The van der Waals surface area contributed by atoms with Gasteiger partial charge in [-0.15, -0.1) is 0 Å². The number of nitriles is 1. The van der Waals surface area contributed by atoms with Crippen molar-refractivity contribution in [2.45, 2.75) is 200 Å². The summed E-state index contributed by atoms with van der Waals surface area (Å²) in [6.45, 7) is 4.79. The molecule has 0 heterocycles. The molecule has 0 spiro atoms. The first kappa shape index (κ1) is 33.5. The monoisotopic (exact) mass is 476 g/mol. The van der Waals surface area contributed by atoms with Crippen LogP contribution in [0.3, 0.4) is 0 Å². The Labute approximate surface area is 217 Å². The van der Waals surface area contributed by atoms with E-state index < -0.39 is 0 Å². The molecule has 0 saturated carbocycles. The van der Waals surface area contributed by atoms with Gasteiger partial charge in [-0.2, -0.15) is 5.26 Å². The molecule has 0 rings (SSSR count). The molecule has 0 saturated heterocycles. The Morgan fingerprint density at radius 2 is 0.676 bits per heavy atom. The lowest BCUT2D eigenvalue weighted by atomic mass is 9.95. The molecule has 0 amide bonds. The van der Waals surface area contributed by atoms with Crippen LogP contribution >= 0.6 is 0 Å². The molecule has 0 N–H and O–H groups in total. The lowest BCUT2D eigenvalue weighted by Crippen LogP contribution is -1.95. The van der Waals surface area contributed by atoms with Gasteiger partial charge in [-0.05, 0) is 12.3 Å². The van der Waals surface area contributed by atoms with Crippen molar-refractivity contribution in [2.24, 2.45) is 5.92 Å². The predicted molar refractivity (Wildman–Crippen MR) is 154 cm³/mol. The SMILES string of the molecule is CCCCCCCCCC(C)CCCCCCCCCCCCCCCCCCCCCC#N. The lowest BCUT2D eigenvalue weighted by molar-refractivity contribution is 0.430. The average Bonchev–Trinajstić information content (AvgIpc) is 2.84. The predicted octanol–water partition coefficient (Wildman–Crippen LogP) is 12.5. The van der Waals surface area contributed by atoms with Crippen LogP contribution in [0, 0.1) is 17.2 Å². The second-order valence-electron chi connectivity index (χ2n) is 11.4. The molecule has 0 aliphatic heterocycles. The molecule has 0 aliphatic rings. The summed E-state index contributed by atoms with van der Waals surface area (Å²) < 4.78 is 0. The van der Waals surface area contributed by atoms with Crippen molar-refractivity contribution in [2.75, 3.05) is 0 Å². The zero-order valence-electron chi connectivity index (χ0n) is 24.0. The highest BCUT2D eigenvalue weighted by Gasteiger charge is 2.02. The first-order valence-electron chi connectivity index (χ1n) is 16.2. The molecule has 1 atom stereocenters. The van der Waals surface area contributed by atoms with Crippen molar-refractivity contribution in [1.82, 2.24) is 0 Å². The minimum Gasteiger partial charge on any atom is -0.198 e. The van der Waals surface area contributed by atoms with E-state index in [1.165, 1.54) is 173 Å². The van der Waals surface area contributed by atoms with Gasteiger partial charge in [0.1, 0.15) is 0 Å². The molecule has 0 aliphatic carbocycles. The van der Waals surface area contributed by atoms with Crippen molar-refractivity contribution in [1.29, 1.82) is 5.26 Å². The zero-order chi connectivity index (χ0) is 24.8. The molecular formula is C33H65N. The third-order valence-corrected chi connectivity index (χ3v) is 7.79. The molecule has 0 aromatic rings. The molecule has 1 nitrogen and oxygen atoms in total. The second kappa shape index (κ2) is 30.5. The maximum Gasteiger partial charge on any atom is 0.0621 e. The lowest BCUT2D eigenvalue weighted by Gasteiger charge is -2.11. The summed E-state index contributed by atoms with van der Waals surface area (Å²) in [5.41, 5.74) is 0. The van der Waals surface area contributed by atoms with E-state index in [0.29, 0.717) is 0 Å². The van der Waals surface area contributed by atoms with Crippen LogP contribution < -0.4 is 0 Å². The molecule has 0 bridgehead atoms. The summed E-state index contributed by atoms with van der Waals surface area (Å²) in [7, 11) is 0. The van der Waals surface area contributed by atoms with Crippen molar-refractivity contribution < 1.29 is 0 Å². The van der Waals surface area contributed by atoms with Crippen LogP contribution in [0.25, 0.3) is 0 Å². The highest BCUT2D eigenvalue weighted by atomic mass is 14.2. The fourth-order valence-corrected chi connectivity index (χ4v) is 5.30. The molecule has 34 heavy (non-hydrogen) atoms. The van der Waals surface area contributed by atoms with E-state index in [9.17, 15) is 0 Å². The van der Waals surface area contributed by atoms with E-state index in [1.54, 1.807) is 0 Å². The van der Waals surface area contributed by atoms with E-state index >= 15 is 0 Å². The summed E-state index contributed by atoms with van der Waals surface area (Å²) in [4.78, 5) is 0. The zero-order valence-corrected chi connectivity index (χ0v) is 24.0. The summed E-state index contributed by atoms with van der Waals surface area (Å²) >= 11 is 0. The second-order valence-corrected chi connectivity index (χ2v) is 11.4. The van der Waals surface area contributed by atoms with Crippen LogP contribution in [0.15, 0.2) is 0 Å². The molecule has 0 aromatic heterocycles.